The largest absolute Gasteiger partial charge is 0.462 e. The van der Waals surface area contributed by atoms with Gasteiger partial charge in [-0.1, -0.05) is 46.4 Å². The molecule has 0 aliphatic heterocycles. The van der Waals surface area contributed by atoms with Gasteiger partial charge in [0.05, 0.1) is 12.3 Å². The molecule has 22 heavy (non-hydrogen) atoms. The first kappa shape index (κ1) is 18.8. The van der Waals surface area contributed by atoms with Crippen molar-refractivity contribution in [2.24, 2.45) is 5.73 Å². The summed E-state index contributed by atoms with van der Waals surface area (Å²) in [6.07, 6.45) is 1.01. The fourth-order valence-corrected chi connectivity index (χ4v) is 1.83. The van der Waals surface area contributed by atoms with Crippen LogP contribution >= 0.6 is 46.4 Å². The molecule has 1 rings (SSSR count). The third-order valence-electron chi connectivity index (χ3n) is 2.25. The molecule has 0 aromatic carbocycles. The normalized spacial score (nSPS) is 11.0. The van der Waals surface area contributed by atoms with Crippen LogP contribution in [0.15, 0.2) is 12.3 Å². The van der Waals surface area contributed by atoms with E-state index in [0.717, 1.165) is 12.3 Å². The fraction of sp³-hybridized carbons (Fsp3) is 0.273. The monoisotopic (exact) mass is 387 g/mol. The lowest BCUT2D eigenvalue weighted by atomic mass is 10.2. The molecule has 0 bridgehead atoms. The third kappa shape index (κ3) is 4.36. The number of imide groups is 1. The Balaban J connectivity index is 3.48. The molecule has 0 radical (unpaired) electrons. The Labute approximate surface area is 145 Å². The molecule has 0 spiro atoms. The summed E-state index contributed by atoms with van der Waals surface area (Å²) in [7, 11) is 0. The number of nitrogens with two attached hydrogens (primary N) is 1. The summed E-state index contributed by atoms with van der Waals surface area (Å²) in [5.74, 6) is -2.14. The number of aromatic nitrogens is 1. The van der Waals surface area contributed by atoms with E-state index < -0.39 is 21.7 Å². The highest BCUT2D eigenvalue weighted by molar-refractivity contribution is 6.77. The average Bonchev–Trinajstić information content (AvgIpc) is 2.37. The second-order valence-corrected chi connectivity index (χ2v) is 6.39. The predicted octanol–water partition coefficient (Wildman–Crippen LogP) is 2.69. The van der Waals surface area contributed by atoms with Gasteiger partial charge in [0, 0.05) is 12.3 Å². The van der Waals surface area contributed by atoms with E-state index in [1.807, 2.05) is 0 Å². The second-order valence-electron chi connectivity index (χ2n) is 3.72. The number of hydrogen-bond donors (Lipinski definition) is 1. The SMILES string of the molecule is CCOC(=O)c1cnc(Cl)cc1N(C(N)=O)C(=O)C(Cl)(Cl)Cl. The topological polar surface area (TPSA) is 103 Å². The van der Waals surface area contributed by atoms with Crippen LogP contribution < -0.4 is 10.6 Å². The Morgan fingerprint density at radius 3 is 2.41 bits per heavy atom. The van der Waals surface area contributed by atoms with Crippen LogP contribution in [-0.4, -0.2) is 33.3 Å². The molecule has 1 aromatic rings. The summed E-state index contributed by atoms with van der Waals surface area (Å²) < 4.78 is 2.32. The minimum atomic E-state index is -2.48. The van der Waals surface area contributed by atoms with Gasteiger partial charge in [0.2, 0.25) is 0 Å². The molecule has 0 unspecified atom stereocenters. The van der Waals surface area contributed by atoms with E-state index in [4.69, 9.17) is 56.9 Å². The molecule has 2 N–H and O–H groups in total. The maximum Gasteiger partial charge on any atom is 0.341 e. The molecule has 3 amide bonds. The zero-order valence-corrected chi connectivity index (χ0v) is 14.0. The highest BCUT2D eigenvalue weighted by atomic mass is 35.6. The van der Waals surface area contributed by atoms with Crippen molar-refractivity contribution in [1.82, 2.24) is 4.98 Å². The molecule has 11 heteroatoms. The quantitative estimate of drug-likeness (QED) is 0.487. The maximum atomic E-state index is 12.1. The van der Waals surface area contributed by atoms with Gasteiger partial charge in [-0.2, -0.15) is 0 Å². The molecule has 1 aromatic heterocycles. The molecule has 120 valence electrons. The highest BCUT2D eigenvalue weighted by Crippen LogP contribution is 2.33. The van der Waals surface area contributed by atoms with Gasteiger partial charge in [-0.3, -0.25) is 4.79 Å². The van der Waals surface area contributed by atoms with E-state index >= 15 is 0 Å². The van der Waals surface area contributed by atoms with E-state index in [0.29, 0.717) is 4.90 Å². The van der Waals surface area contributed by atoms with Gasteiger partial charge in [0.1, 0.15) is 10.7 Å². The number of alkyl halides is 3. The van der Waals surface area contributed by atoms with Crippen molar-refractivity contribution >= 4 is 70.0 Å². The van der Waals surface area contributed by atoms with Crippen molar-refractivity contribution in [2.45, 2.75) is 10.7 Å². The van der Waals surface area contributed by atoms with Crippen molar-refractivity contribution in [3.05, 3.63) is 23.0 Å². The number of esters is 1. The van der Waals surface area contributed by atoms with Crippen LogP contribution in [-0.2, 0) is 9.53 Å². The van der Waals surface area contributed by atoms with Crippen LogP contribution in [0.4, 0.5) is 10.5 Å². The molecule has 0 saturated carbocycles. The van der Waals surface area contributed by atoms with Gasteiger partial charge < -0.3 is 10.5 Å². The number of carbonyl (C=O) groups excluding carboxylic acids is 3. The number of amides is 3. The van der Waals surface area contributed by atoms with Crippen molar-refractivity contribution in [2.75, 3.05) is 11.5 Å². The van der Waals surface area contributed by atoms with Crippen molar-refractivity contribution in [1.29, 1.82) is 0 Å². The molecular formula is C11H9Cl4N3O4. The highest BCUT2D eigenvalue weighted by Gasteiger charge is 2.40. The molecule has 0 atom stereocenters. The number of ether oxygens (including phenoxy) is 1. The predicted molar refractivity (Wildman–Crippen MR) is 82.6 cm³/mol. The zero-order valence-electron chi connectivity index (χ0n) is 11.0. The first-order chi connectivity index (χ1) is 10.1. The van der Waals surface area contributed by atoms with Crippen molar-refractivity contribution < 1.29 is 19.1 Å². The molecule has 0 aliphatic carbocycles. The Morgan fingerprint density at radius 2 is 1.95 bits per heavy atom. The lowest BCUT2D eigenvalue weighted by molar-refractivity contribution is -0.117. The molecular weight excluding hydrogens is 380 g/mol. The molecule has 7 nitrogen and oxygen atoms in total. The Kier molecular flexibility index (Phi) is 6.25. The summed E-state index contributed by atoms with van der Waals surface area (Å²) in [5.41, 5.74) is 4.59. The lowest BCUT2D eigenvalue weighted by Crippen LogP contribution is -2.47. The summed E-state index contributed by atoms with van der Waals surface area (Å²) >= 11 is 22.1. The fourth-order valence-electron chi connectivity index (χ4n) is 1.43. The van der Waals surface area contributed by atoms with Gasteiger partial charge >= 0.3 is 12.0 Å². The minimum Gasteiger partial charge on any atom is -0.462 e. The first-order valence-electron chi connectivity index (χ1n) is 5.63. The number of primary amides is 1. The molecule has 0 aliphatic rings. The molecule has 1 heterocycles. The van der Waals surface area contributed by atoms with Crippen LogP contribution in [0.5, 0.6) is 0 Å². The van der Waals surface area contributed by atoms with E-state index in [1.165, 1.54) is 0 Å². The maximum absolute atomic E-state index is 12.1. The van der Waals surface area contributed by atoms with Gasteiger partial charge in [-0.25, -0.2) is 19.5 Å². The lowest BCUT2D eigenvalue weighted by Gasteiger charge is -2.23. The second kappa shape index (κ2) is 7.32. The van der Waals surface area contributed by atoms with Crippen LogP contribution in [0.3, 0.4) is 0 Å². The van der Waals surface area contributed by atoms with E-state index in [2.05, 4.69) is 4.98 Å². The Hall–Kier alpha value is -1.28. The summed E-state index contributed by atoms with van der Waals surface area (Å²) in [4.78, 5) is 39.5. The van der Waals surface area contributed by atoms with Gasteiger partial charge in [-0.15, -0.1) is 0 Å². The summed E-state index contributed by atoms with van der Waals surface area (Å²) in [6.45, 7) is 1.62. The summed E-state index contributed by atoms with van der Waals surface area (Å²) in [5, 5.41) is -0.119. The van der Waals surface area contributed by atoms with Gasteiger partial charge in [0.15, 0.2) is 0 Å². The zero-order chi connectivity index (χ0) is 17.1. The minimum absolute atomic E-state index is 0.0515. The van der Waals surface area contributed by atoms with Crippen LogP contribution in [0.2, 0.25) is 5.15 Å². The molecule has 0 fully saturated rings. The smallest absolute Gasteiger partial charge is 0.341 e. The van der Waals surface area contributed by atoms with Crippen molar-refractivity contribution in [3.8, 4) is 0 Å². The number of rotatable bonds is 3. The first-order valence-corrected chi connectivity index (χ1v) is 7.14. The standard InChI is InChI=1S/C11H9Cl4N3O4/c1-2-22-8(19)5-4-17-7(12)3-6(5)18(10(16)21)9(20)11(13,14)15/h3-4H,2H2,1H3,(H2,16,21). The third-order valence-corrected chi connectivity index (χ3v) is 2.94. The number of carbonyl (C=O) groups is 3. The van der Waals surface area contributed by atoms with Gasteiger partial charge in [-0.05, 0) is 6.92 Å². The number of halogens is 4. The van der Waals surface area contributed by atoms with E-state index in [-0.39, 0.29) is 23.0 Å². The number of pyridine rings is 1. The van der Waals surface area contributed by atoms with Crippen molar-refractivity contribution in [3.63, 3.8) is 0 Å². The average molecular weight is 389 g/mol. The van der Waals surface area contributed by atoms with E-state index in [1.54, 1.807) is 6.92 Å². The van der Waals surface area contributed by atoms with Crippen LogP contribution in [0, 0.1) is 0 Å². The van der Waals surface area contributed by atoms with Crippen LogP contribution in [0.25, 0.3) is 0 Å². The number of urea groups is 1. The van der Waals surface area contributed by atoms with Crippen LogP contribution in [0.1, 0.15) is 17.3 Å². The number of hydrogen-bond acceptors (Lipinski definition) is 5. The number of anilines is 1. The Morgan fingerprint density at radius 1 is 1.36 bits per heavy atom. The molecule has 0 saturated heterocycles. The van der Waals surface area contributed by atoms with E-state index in [9.17, 15) is 14.4 Å². The van der Waals surface area contributed by atoms with Gasteiger partial charge in [0.25, 0.3) is 9.70 Å². The Bertz CT molecular complexity index is 618. The summed E-state index contributed by atoms with van der Waals surface area (Å²) in [6, 6.07) is -0.225. The number of nitrogens with zero attached hydrogens (tertiary/aromatic N) is 2.